The highest BCUT2D eigenvalue weighted by Gasteiger charge is 2.14. The molecule has 106 valence electrons. The molecule has 4 heteroatoms. The van der Waals surface area contributed by atoms with Crippen LogP contribution in [0.15, 0.2) is 30.3 Å². The maximum absolute atomic E-state index is 11.6. The normalized spacial score (nSPS) is 12.4. The number of benzene rings is 1. The van der Waals surface area contributed by atoms with Crippen LogP contribution in [0.2, 0.25) is 0 Å². The Kier molecular flexibility index (Phi) is 7.15. The predicted molar refractivity (Wildman–Crippen MR) is 79.0 cm³/mol. The average Bonchev–Trinajstić information content (AvgIpc) is 2.43. The summed E-state index contributed by atoms with van der Waals surface area (Å²) in [6.45, 7) is 4.59. The Hall–Kier alpha value is -1.39. The van der Waals surface area contributed by atoms with E-state index in [1.807, 2.05) is 37.1 Å². The van der Waals surface area contributed by atoms with Crippen LogP contribution in [-0.2, 0) is 4.79 Å². The fraction of sp³-hybridized carbons (Fsp3) is 0.533. The molecule has 1 aromatic rings. The third kappa shape index (κ3) is 5.85. The molecule has 0 saturated carbocycles. The highest BCUT2D eigenvalue weighted by Crippen LogP contribution is 2.14. The van der Waals surface area contributed by atoms with Crippen molar-refractivity contribution in [3.8, 4) is 0 Å². The first kappa shape index (κ1) is 15.7. The molecule has 0 saturated heterocycles. The predicted octanol–water partition coefficient (Wildman–Crippen LogP) is 1.19. The molecule has 3 N–H and O–H groups in total. The van der Waals surface area contributed by atoms with Gasteiger partial charge in [-0.3, -0.25) is 9.69 Å². The summed E-state index contributed by atoms with van der Waals surface area (Å²) in [4.78, 5) is 13.7. The van der Waals surface area contributed by atoms with Gasteiger partial charge in [0, 0.05) is 25.6 Å². The smallest absolute Gasteiger partial charge is 0.234 e. The van der Waals surface area contributed by atoms with Crippen LogP contribution < -0.4 is 11.1 Å². The first-order chi connectivity index (χ1) is 9.17. The Balaban J connectivity index is 2.45. The summed E-state index contributed by atoms with van der Waals surface area (Å²) in [6.07, 6.45) is 0.963. The standard InChI is InChI=1S/C15H25N3O/c1-3-9-17-15(19)12-18(2)11-14(10-16)13-7-5-4-6-8-13/h4-8,14H,3,9-12,16H2,1-2H3,(H,17,19). The van der Waals surface area contributed by atoms with Gasteiger partial charge in [-0.2, -0.15) is 0 Å². The minimum Gasteiger partial charge on any atom is -0.355 e. The monoisotopic (exact) mass is 263 g/mol. The van der Waals surface area contributed by atoms with E-state index in [2.05, 4.69) is 17.4 Å². The number of hydrogen-bond acceptors (Lipinski definition) is 3. The van der Waals surface area contributed by atoms with Crippen molar-refractivity contribution in [3.05, 3.63) is 35.9 Å². The minimum atomic E-state index is 0.0770. The van der Waals surface area contributed by atoms with E-state index in [9.17, 15) is 4.79 Å². The molecule has 1 atom stereocenters. The maximum Gasteiger partial charge on any atom is 0.234 e. The van der Waals surface area contributed by atoms with E-state index in [-0.39, 0.29) is 11.8 Å². The molecule has 1 rings (SSSR count). The fourth-order valence-electron chi connectivity index (χ4n) is 2.05. The SMILES string of the molecule is CCCNC(=O)CN(C)CC(CN)c1ccccc1. The summed E-state index contributed by atoms with van der Waals surface area (Å²) >= 11 is 0. The number of amides is 1. The van der Waals surface area contributed by atoms with E-state index in [0.717, 1.165) is 19.5 Å². The van der Waals surface area contributed by atoms with Crippen molar-refractivity contribution in [2.75, 3.05) is 33.2 Å². The largest absolute Gasteiger partial charge is 0.355 e. The molecule has 4 nitrogen and oxygen atoms in total. The van der Waals surface area contributed by atoms with Crippen molar-refractivity contribution in [1.82, 2.24) is 10.2 Å². The molecule has 0 aliphatic rings. The molecule has 0 aromatic heterocycles. The van der Waals surface area contributed by atoms with Crippen LogP contribution >= 0.6 is 0 Å². The van der Waals surface area contributed by atoms with Gasteiger partial charge < -0.3 is 11.1 Å². The highest BCUT2D eigenvalue weighted by atomic mass is 16.2. The summed E-state index contributed by atoms with van der Waals surface area (Å²) in [6, 6.07) is 10.2. The van der Waals surface area contributed by atoms with E-state index in [1.54, 1.807) is 0 Å². The molecule has 0 aliphatic carbocycles. The minimum absolute atomic E-state index is 0.0770. The van der Waals surface area contributed by atoms with Crippen LogP contribution in [0.3, 0.4) is 0 Å². The van der Waals surface area contributed by atoms with Gasteiger partial charge in [-0.05, 0) is 19.0 Å². The van der Waals surface area contributed by atoms with Gasteiger partial charge in [0.25, 0.3) is 0 Å². The zero-order chi connectivity index (χ0) is 14.1. The van der Waals surface area contributed by atoms with Gasteiger partial charge in [-0.25, -0.2) is 0 Å². The molecule has 0 radical (unpaired) electrons. The lowest BCUT2D eigenvalue weighted by atomic mass is 9.99. The third-order valence-corrected chi connectivity index (χ3v) is 3.07. The Morgan fingerprint density at radius 2 is 2.05 bits per heavy atom. The number of nitrogens with two attached hydrogens (primary N) is 1. The molecular weight excluding hydrogens is 238 g/mol. The van der Waals surface area contributed by atoms with Crippen molar-refractivity contribution in [3.63, 3.8) is 0 Å². The number of rotatable bonds is 8. The van der Waals surface area contributed by atoms with E-state index >= 15 is 0 Å². The van der Waals surface area contributed by atoms with Crippen LogP contribution in [0.4, 0.5) is 0 Å². The summed E-state index contributed by atoms with van der Waals surface area (Å²) in [5, 5.41) is 2.88. The topological polar surface area (TPSA) is 58.4 Å². The van der Waals surface area contributed by atoms with Crippen molar-refractivity contribution >= 4 is 5.91 Å². The maximum atomic E-state index is 11.6. The lowest BCUT2D eigenvalue weighted by Gasteiger charge is -2.23. The van der Waals surface area contributed by atoms with E-state index in [0.29, 0.717) is 13.1 Å². The van der Waals surface area contributed by atoms with Crippen LogP contribution in [0.5, 0.6) is 0 Å². The first-order valence-electron chi connectivity index (χ1n) is 6.87. The second kappa shape index (κ2) is 8.67. The molecule has 1 aromatic carbocycles. The quantitative estimate of drug-likeness (QED) is 0.740. The van der Waals surface area contributed by atoms with E-state index in [1.165, 1.54) is 5.56 Å². The molecule has 0 spiro atoms. The van der Waals surface area contributed by atoms with Gasteiger partial charge in [0.05, 0.1) is 6.54 Å². The Morgan fingerprint density at radius 1 is 1.37 bits per heavy atom. The fourth-order valence-corrected chi connectivity index (χ4v) is 2.05. The lowest BCUT2D eigenvalue weighted by molar-refractivity contribution is -0.121. The summed E-state index contributed by atoms with van der Waals surface area (Å²) in [7, 11) is 1.96. The van der Waals surface area contributed by atoms with Gasteiger partial charge in [0.15, 0.2) is 0 Å². The molecule has 19 heavy (non-hydrogen) atoms. The van der Waals surface area contributed by atoms with Crippen LogP contribution in [-0.4, -0.2) is 44.0 Å². The lowest BCUT2D eigenvalue weighted by Crippen LogP contribution is -2.38. The van der Waals surface area contributed by atoms with E-state index < -0.39 is 0 Å². The van der Waals surface area contributed by atoms with Gasteiger partial charge in [-0.15, -0.1) is 0 Å². The molecule has 1 amide bonds. The summed E-state index contributed by atoms with van der Waals surface area (Å²) in [5.74, 6) is 0.346. The summed E-state index contributed by atoms with van der Waals surface area (Å²) in [5.41, 5.74) is 7.06. The molecule has 0 fully saturated rings. The van der Waals surface area contributed by atoms with Crippen molar-refractivity contribution in [1.29, 1.82) is 0 Å². The Bertz CT molecular complexity index is 367. The van der Waals surface area contributed by atoms with Crippen molar-refractivity contribution < 1.29 is 4.79 Å². The zero-order valence-electron chi connectivity index (χ0n) is 11.9. The van der Waals surface area contributed by atoms with Gasteiger partial charge in [-0.1, -0.05) is 37.3 Å². The molecule has 0 heterocycles. The number of carbonyl (C=O) groups is 1. The van der Waals surface area contributed by atoms with Crippen molar-refractivity contribution in [2.45, 2.75) is 19.3 Å². The van der Waals surface area contributed by atoms with Gasteiger partial charge in [0.1, 0.15) is 0 Å². The first-order valence-corrected chi connectivity index (χ1v) is 6.87. The number of carbonyl (C=O) groups excluding carboxylic acids is 1. The average molecular weight is 263 g/mol. The third-order valence-electron chi connectivity index (χ3n) is 3.07. The highest BCUT2D eigenvalue weighted by molar-refractivity contribution is 5.77. The van der Waals surface area contributed by atoms with E-state index in [4.69, 9.17) is 5.73 Å². The Morgan fingerprint density at radius 3 is 2.63 bits per heavy atom. The molecule has 0 aliphatic heterocycles. The van der Waals surface area contributed by atoms with Crippen LogP contribution in [0.1, 0.15) is 24.8 Å². The van der Waals surface area contributed by atoms with Gasteiger partial charge in [0.2, 0.25) is 5.91 Å². The number of hydrogen-bond donors (Lipinski definition) is 2. The second-order valence-corrected chi connectivity index (χ2v) is 4.89. The molecule has 1 unspecified atom stereocenters. The zero-order valence-corrected chi connectivity index (χ0v) is 11.9. The van der Waals surface area contributed by atoms with Crippen molar-refractivity contribution in [2.24, 2.45) is 5.73 Å². The number of nitrogens with zero attached hydrogens (tertiary/aromatic N) is 1. The van der Waals surface area contributed by atoms with Crippen LogP contribution in [0.25, 0.3) is 0 Å². The Labute approximate surface area is 116 Å². The number of nitrogens with one attached hydrogen (secondary N) is 1. The van der Waals surface area contributed by atoms with Gasteiger partial charge >= 0.3 is 0 Å². The second-order valence-electron chi connectivity index (χ2n) is 4.89. The molecule has 0 bridgehead atoms. The number of likely N-dealkylation sites (N-methyl/N-ethyl adjacent to an activating group) is 1. The molecular formula is C15H25N3O. The van der Waals surface area contributed by atoms with Crippen LogP contribution in [0, 0.1) is 0 Å². The summed E-state index contributed by atoms with van der Waals surface area (Å²) < 4.78 is 0.